The van der Waals surface area contributed by atoms with Gasteiger partial charge in [-0.05, 0) is 12.1 Å². The van der Waals surface area contributed by atoms with E-state index < -0.39 is 10.2 Å². The second-order valence-corrected chi connectivity index (χ2v) is 7.81. The number of hydrogen-bond acceptors (Lipinski definition) is 5. The molecule has 0 unspecified atom stereocenters. The topological polar surface area (TPSA) is 79.4 Å². The molecule has 8 nitrogen and oxygen atoms in total. The Hall–Kier alpha value is -1.84. The van der Waals surface area contributed by atoms with E-state index in [-0.39, 0.29) is 19.0 Å². The van der Waals surface area contributed by atoms with Gasteiger partial charge in [-0.2, -0.15) is 17.0 Å². The van der Waals surface area contributed by atoms with Crippen LogP contribution in [0.4, 0.5) is 0 Å². The molecular weight excluding hydrogens is 358 g/mol. The van der Waals surface area contributed by atoms with Crippen molar-refractivity contribution in [2.45, 2.75) is 13.8 Å². The van der Waals surface area contributed by atoms with E-state index in [0.717, 1.165) is 0 Å². The molecule has 0 N–H and O–H groups in total. The average Bonchev–Trinajstić information content (AvgIpc) is 2.67. The Morgan fingerprint density at radius 3 is 1.92 bits per heavy atom. The first-order valence-electron chi connectivity index (χ1n) is 8.64. The van der Waals surface area contributed by atoms with Crippen LogP contribution >= 0.6 is 0 Å². The first-order valence-corrected chi connectivity index (χ1v) is 10.0. The van der Waals surface area contributed by atoms with Gasteiger partial charge in [0, 0.05) is 50.9 Å². The number of rotatable bonds is 7. The number of piperazine rings is 1. The quantitative estimate of drug-likeness (QED) is 0.701. The molecule has 0 saturated carbocycles. The zero-order valence-corrected chi connectivity index (χ0v) is 16.6. The summed E-state index contributed by atoms with van der Waals surface area (Å²) in [6.45, 7) is 5.76. The lowest BCUT2D eigenvalue weighted by Crippen LogP contribution is -2.54. The van der Waals surface area contributed by atoms with Gasteiger partial charge in [0.25, 0.3) is 16.1 Å². The van der Waals surface area contributed by atoms with E-state index in [0.29, 0.717) is 43.2 Å². The summed E-state index contributed by atoms with van der Waals surface area (Å²) in [5.41, 5.74) is 0.459. The van der Waals surface area contributed by atoms with Crippen molar-refractivity contribution in [3.05, 3.63) is 23.8 Å². The molecule has 0 bridgehead atoms. The number of carbonyl (C=O) groups is 1. The summed E-state index contributed by atoms with van der Waals surface area (Å²) >= 11 is 0. The summed E-state index contributed by atoms with van der Waals surface area (Å²) in [5, 5.41) is 0. The second kappa shape index (κ2) is 8.70. The second-order valence-electron chi connectivity index (χ2n) is 5.88. The zero-order chi connectivity index (χ0) is 19.3. The van der Waals surface area contributed by atoms with Crippen molar-refractivity contribution in [3.63, 3.8) is 0 Å². The predicted octanol–water partition coefficient (Wildman–Crippen LogP) is 1.05. The van der Waals surface area contributed by atoms with Crippen LogP contribution in [0.5, 0.6) is 11.5 Å². The van der Waals surface area contributed by atoms with E-state index >= 15 is 0 Å². The summed E-state index contributed by atoms with van der Waals surface area (Å²) in [4.78, 5) is 14.4. The van der Waals surface area contributed by atoms with Crippen molar-refractivity contribution < 1.29 is 22.7 Å². The zero-order valence-electron chi connectivity index (χ0n) is 15.8. The molecule has 1 fully saturated rings. The molecule has 146 valence electrons. The Morgan fingerprint density at radius 2 is 1.50 bits per heavy atom. The molecule has 1 heterocycles. The van der Waals surface area contributed by atoms with E-state index in [2.05, 4.69) is 0 Å². The van der Waals surface area contributed by atoms with Gasteiger partial charge in [-0.1, -0.05) is 13.8 Å². The lowest BCUT2D eigenvalue weighted by molar-refractivity contribution is 0.0693. The predicted molar refractivity (Wildman–Crippen MR) is 98.9 cm³/mol. The maximum atomic E-state index is 12.8. The van der Waals surface area contributed by atoms with Crippen LogP contribution in [0.3, 0.4) is 0 Å². The minimum absolute atomic E-state index is 0.165. The largest absolute Gasteiger partial charge is 0.497 e. The lowest BCUT2D eigenvalue weighted by Gasteiger charge is -2.36. The molecule has 0 aliphatic carbocycles. The number of hydrogen-bond donors (Lipinski definition) is 0. The Labute approximate surface area is 155 Å². The van der Waals surface area contributed by atoms with Gasteiger partial charge in [-0.3, -0.25) is 4.79 Å². The third-order valence-corrected chi connectivity index (χ3v) is 6.67. The van der Waals surface area contributed by atoms with Gasteiger partial charge in [0.05, 0.1) is 14.2 Å². The van der Waals surface area contributed by atoms with E-state index in [1.54, 1.807) is 23.1 Å². The van der Waals surface area contributed by atoms with Crippen LogP contribution < -0.4 is 9.47 Å². The van der Waals surface area contributed by atoms with E-state index in [1.807, 2.05) is 13.8 Å². The van der Waals surface area contributed by atoms with Gasteiger partial charge in [-0.15, -0.1) is 0 Å². The smallest absolute Gasteiger partial charge is 0.282 e. The fraction of sp³-hybridized carbons (Fsp3) is 0.588. The van der Waals surface area contributed by atoms with Crippen LogP contribution in [0.1, 0.15) is 24.2 Å². The minimum Gasteiger partial charge on any atom is -0.497 e. The Bertz CT molecular complexity index is 704. The van der Waals surface area contributed by atoms with Crippen molar-refractivity contribution >= 4 is 16.1 Å². The fourth-order valence-corrected chi connectivity index (χ4v) is 4.55. The molecule has 1 aromatic carbocycles. The van der Waals surface area contributed by atoms with Crippen LogP contribution in [0, 0.1) is 0 Å². The number of methoxy groups -OCH3 is 2. The Morgan fingerprint density at radius 1 is 1.00 bits per heavy atom. The highest BCUT2D eigenvalue weighted by atomic mass is 32.2. The van der Waals surface area contributed by atoms with Crippen LogP contribution in [0.25, 0.3) is 0 Å². The van der Waals surface area contributed by atoms with Crippen molar-refractivity contribution in [3.8, 4) is 11.5 Å². The number of benzene rings is 1. The molecule has 1 aromatic rings. The molecule has 1 saturated heterocycles. The van der Waals surface area contributed by atoms with Crippen molar-refractivity contribution in [2.24, 2.45) is 0 Å². The molecular formula is C17H27N3O5S. The van der Waals surface area contributed by atoms with E-state index in [9.17, 15) is 13.2 Å². The molecule has 9 heteroatoms. The van der Waals surface area contributed by atoms with Gasteiger partial charge in [0.2, 0.25) is 0 Å². The molecule has 0 atom stereocenters. The molecule has 1 aliphatic rings. The number of ether oxygens (including phenoxy) is 2. The lowest BCUT2D eigenvalue weighted by atomic mass is 10.1. The SMILES string of the molecule is CCN(CC)S(=O)(=O)N1CCN(C(=O)c2cc(OC)cc(OC)c2)CC1. The monoisotopic (exact) mass is 385 g/mol. The van der Waals surface area contributed by atoms with Gasteiger partial charge < -0.3 is 14.4 Å². The van der Waals surface area contributed by atoms with Crippen molar-refractivity contribution in [2.75, 3.05) is 53.5 Å². The highest BCUT2D eigenvalue weighted by Gasteiger charge is 2.32. The van der Waals surface area contributed by atoms with Crippen LogP contribution in [-0.4, -0.2) is 81.3 Å². The minimum atomic E-state index is -3.47. The molecule has 0 radical (unpaired) electrons. The van der Waals surface area contributed by atoms with Gasteiger partial charge in [0.1, 0.15) is 11.5 Å². The van der Waals surface area contributed by atoms with Crippen molar-refractivity contribution in [1.29, 1.82) is 0 Å². The summed E-state index contributed by atoms with van der Waals surface area (Å²) in [7, 11) is -0.415. The van der Waals surface area contributed by atoms with Gasteiger partial charge in [-0.25, -0.2) is 0 Å². The fourth-order valence-electron chi connectivity index (χ4n) is 2.95. The summed E-state index contributed by atoms with van der Waals surface area (Å²) in [6, 6.07) is 5.01. The summed E-state index contributed by atoms with van der Waals surface area (Å²) in [5.74, 6) is 0.910. The maximum Gasteiger partial charge on any atom is 0.282 e. The molecule has 0 aromatic heterocycles. The molecule has 2 rings (SSSR count). The van der Waals surface area contributed by atoms with E-state index in [4.69, 9.17) is 9.47 Å². The van der Waals surface area contributed by atoms with Crippen molar-refractivity contribution in [1.82, 2.24) is 13.5 Å². The average molecular weight is 385 g/mol. The Balaban J connectivity index is 2.09. The summed E-state index contributed by atoms with van der Waals surface area (Å²) in [6.07, 6.45) is 0. The standard InChI is InChI=1S/C17H27N3O5S/c1-5-19(6-2)26(22,23)20-9-7-18(8-10-20)17(21)14-11-15(24-3)13-16(12-14)25-4/h11-13H,5-10H2,1-4H3. The van der Waals surface area contributed by atoms with Gasteiger partial charge in [0.15, 0.2) is 0 Å². The molecule has 1 aliphatic heterocycles. The number of carbonyl (C=O) groups excluding carboxylic acids is 1. The Kier molecular flexibility index (Phi) is 6.85. The number of nitrogens with zero attached hydrogens (tertiary/aromatic N) is 3. The maximum absolute atomic E-state index is 12.8. The van der Waals surface area contributed by atoms with Crippen LogP contribution in [-0.2, 0) is 10.2 Å². The van der Waals surface area contributed by atoms with E-state index in [1.165, 1.54) is 22.8 Å². The molecule has 1 amide bonds. The molecule has 0 spiro atoms. The van der Waals surface area contributed by atoms with Crippen LogP contribution in [0.15, 0.2) is 18.2 Å². The normalized spacial score (nSPS) is 16.0. The highest BCUT2D eigenvalue weighted by Crippen LogP contribution is 2.24. The highest BCUT2D eigenvalue weighted by molar-refractivity contribution is 7.86. The first-order chi connectivity index (χ1) is 12.4. The first kappa shape index (κ1) is 20.5. The summed E-state index contributed by atoms with van der Waals surface area (Å²) < 4.78 is 38.4. The third-order valence-electron chi connectivity index (χ3n) is 4.48. The molecule has 26 heavy (non-hydrogen) atoms. The van der Waals surface area contributed by atoms with Gasteiger partial charge >= 0.3 is 0 Å². The third kappa shape index (κ3) is 4.28. The van der Waals surface area contributed by atoms with Crippen LogP contribution in [0.2, 0.25) is 0 Å². The number of amides is 1.